The Hall–Kier alpha value is -2.09. The van der Waals surface area contributed by atoms with Crippen LogP contribution in [0.5, 0.6) is 0 Å². The molecule has 2 N–H and O–H groups in total. The Morgan fingerprint density at radius 1 is 0.889 bits per heavy atom. The molecule has 0 aromatic heterocycles. The highest BCUT2D eigenvalue weighted by atomic mass is 79.9. The van der Waals surface area contributed by atoms with Crippen LogP contribution >= 0.6 is 50.7 Å². The van der Waals surface area contributed by atoms with Crippen LogP contribution in [0.25, 0.3) is 6.08 Å². The Labute approximate surface area is 220 Å². The molecule has 2 aromatic rings. The Bertz CT molecular complexity index is 1180. The summed E-state index contributed by atoms with van der Waals surface area (Å²) in [7, 11) is 0. The van der Waals surface area contributed by atoms with Gasteiger partial charge in [-0.05, 0) is 51.3 Å². The molecule has 4 nitrogen and oxygen atoms in total. The van der Waals surface area contributed by atoms with Crippen molar-refractivity contribution in [2.75, 3.05) is 0 Å². The molecule has 196 valence electrons. The first-order chi connectivity index (χ1) is 16.4. The van der Waals surface area contributed by atoms with E-state index in [1.807, 2.05) is 0 Å². The number of halogens is 12. The van der Waals surface area contributed by atoms with E-state index in [0.717, 1.165) is 47.9 Å². The zero-order valence-electron chi connectivity index (χ0n) is 17.0. The quantitative estimate of drug-likeness (QED) is 0.198. The molecule has 0 fully saturated rings. The number of allylic oxidation sites excluding steroid dienone is 1. The third kappa shape index (κ3) is 7.02. The maximum Gasteiger partial charge on any atom is 0.463 e. The molecule has 2 amide bonds. The highest BCUT2D eigenvalue weighted by Gasteiger charge is 2.63. The number of benzene rings is 2. The van der Waals surface area contributed by atoms with Crippen LogP contribution in [0, 0.1) is 0 Å². The van der Waals surface area contributed by atoms with Gasteiger partial charge in [0.1, 0.15) is 0 Å². The third-order valence-electron chi connectivity index (χ3n) is 4.37. The van der Waals surface area contributed by atoms with Crippen LogP contribution in [0.2, 0.25) is 15.1 Å². The molecule has 1 atom stereocenters. The number of nitrogens with one attached hydrogen (secondary N) is 2. The molecular weight excluding hydrogens is 638 g/mol. The minimum atomic E-state index is -6.19. The summed E-state index contributed by atoms with van der Waals surface area (Å²) in [4.78, 5) is 23.1. The van der Waals surface area contributed by atoms with Gasteiger partial charge in [0.05, 0.1) is 26.5 Å². The molecule has 0 heterocycles. The van der Waals surface area contributed by atoms with Crippen molar-refractivity contribution in [1.82, 2.24) is 10.9 Å². The zero-order valence-corrected chi connectivity index (χ0v) is 20.8. The standard InChI is InChI=1S/C20H10BrCl3F8N2O2/c21-12-5-8(1-3-10(12)16(35)33-34-17(36)18(25,26)20(30,31)32)2-4-11(19(27,28)29)9-6-13(22)15(24)14(23)7-9/h1-7,11H,(H,33,35)(H,34,36)/b4-2+. The van der Waals surface area contributed by atoms with Gasteiger partial charge in [-0.3, -0.25) is 20.4 Å². The predicted molar refractivity (Wildman–Crippen MR) is 120 cm³/mol. The van der Waals surface area contributed by atoms with Gasteiger partial charge < -0.3 is 0 Å². The van der Waals surface area contributed by atoms with Gasteiger partial charge in [0.25, 0.3) is 5.91 Å². The molecular formula is C20H10BrCl3F8N2O2. The SMILES string of the molecule is O=C(NNC(=O)C(F)(F)C(F)(F)F)c1ccc(/C=C/C(c2cc(Cl)c(Cl)c(Cl)c2)C(F)(F)F)cc1Br. The molecule has 0 saturated heterocycles. The normalized spacial score (nSPS) is 13.6. The van der Waals surface area contributed by atoms with Crippen LogP contribution in [-0.4, -0.2) is 30.1 Å². The average Bonchev–Trinajstić information content (AvgIpc) is 2.73. The third-order valence-corrected chi connectivity index (χ3v) is 6.22. The van der Waals surface area contributed by atoms with Crippen LogP contribution in [0.1, 0.15) is 27.4 Å². The molecule has 2 rings (SSSR count). The topological polar surface area (TPSA) is 58.2 Å². The van der Waals surface area contributed by atoms with Crippen molar-refractivity contribution in [3.63, 3.8) is 0 Å². The van der Waals surface area contributed by atoms with Crippen molar-refractivity contribution >= 4 is 68.6 Å². The molecule has 0 aliphatic carbocycles. The van der Waals surface area contributed by atoms with Crippen molar-refractivity contribution in [3.05, 3.63) is 72.6 Å². The largest absolute Gasteiger partial charge is 0.463 e. The van der Waals surface area contributed by atoms with E-state index >= 15 is 0 Å². The first-order valence-corrected chi connectivity index (χ1v) is 11.0. The lowest BCUT2D eigenvalue weighted by Crippen LogP contribution is -2.55. The van der Waals surface area contributed by atoms with Gasteiger partial charge >= 0.3 is 24.2 Å². The summed E-state index contributed by atoms with van der Waals surface area (Å²) in [5, 5.41) is -0.511. The van der Waals surface area contributed by atoms with E-state index in [9.17, 15) is 44.7 Å². The van der Waals surface area contributed by atoms with Gasteiger partial charge in [0.15, 0.2) is 0 Å². The van der Waals surface area contributed by atoms with E-state index < -0.39 is 36.0 Å². The summed E-state index contributed by atoms with van der Waals surface area (Å²) in [6, 6.07) is 5.33. The number of carbonyl (C=O) groups excluding carboxylic acids is 2. The Morgan fingerprint density at radius 2 is 1.44 bits per heavy atom. The lowest BCUT2D eigenvalue weighted by atomic mass is 9.97. The summed E-state index contributed by atoms with van der Waals surface area (Å²) in [6.07, 6.45) is -9.12. The monoisotopic (exact) mass is 646 g/mol. The molecule has 16 heteroatoms. The first kappa shape index (κ1) is 30.1. The highest BCUT2D eigenvalue weighted by Crippen LogP contribution is 2.41. The second-order valence-corrected chi connectivity index (χ2v) is 8.94. The number of hydrazine groups is 1. The fraction of sp³-hybridized carbons (Fsp3) is 0.200. The van der Waals surface area contributed by atoms with E-state index in [0.29, 0.717) is 0 Å². The average molecular weight is 649 g/mol. The lowest BCUT2D eigenvalue weighted by molar-refractivity contribution is -0.270. The Kier molecular flexibility index (Phi) is 9.30. The van der Waals surface area contributed by atoms with Crippen molar-refractivity contribution in [2.24, 2.45) is 0 Å². The number of amides is 2. The summed E-state index contributed by atoms with van der Waals surface area (Å²) in [5.74, 6) is -12.0. The van der Waals surface area contributed by atoms with Crippen LogP contribution in [0.15, 0.2) is 40.9 Å². The molecule has 0 bridgehead atoms. The first-order valence-electron chi connectivity index (χ1n) is 9.10. The summed E-state index contributed by atoms with van der Waals surface area (Å²) >= 11 is 20.3. The van der Waals surface area contributed by atoms with Gasteiger partial charge in [-0.15, -0.1) is 0 Å². The minimum absolute atomic E-state index is 0.0832. The van der Waals surface area contributed by atoms with Crippen molar-refractivity contribution in [2.45, 2.75) is 24.2 Å². The summed E-state index contributed by atoms with van der Waals surface area (Å²) < 4.78 is 103. The molecule has 0 aliphatic heterocycles. The Balaban J connectivity index is 2.22. The highest BCUT2D eigenvalue weighted by molar-refractivity contribution is 9.10. The number of hydrogen-bond donors (Lipinski definition) is 2. The predicted octanol–water partition coefficient (Wildman–Crippen LogP) is 7.73. The molecule has 36 heavy (non-hydrogen) atoms. The molecule has 0 saturated carbocycles. The maximum absolute atomic E-state index is 13.6. The second kappa shape index (κ2) is 11.1. The van der Waals surface area contributed by atoms with Gasteiger partial charge in [0, 0.05) is 4.47 Å². The summed E-state index contributed by atoms with van der Waals surface area (Å²) in [5.41, 5.74) is 1.83. The fourth-order valence-electron chi connectivity index (χ4n) is 2.58. The number of hydrogen-bond acceptors (Lipinski definition) is 2. The maximum atomic E-state index is 13.6. The van der Waals surface area contributed by atoms with Gasteiger partial charge in [-0.2, -0.15) is 35.1 Å². The molecule has 1 unspecified atom stereocenters. The lowest BCUT2D eigenvalue weighted by Gasteiger charge is -2.19. The molecule has 2 aromatic carbocycles. The number of rotatable bonds is 5. The van der Waals surface area contributed by atoms with Crippen molar-refractivity contribution in [1.29, 1.82) is 0 Å². The number of carbonyl (C=O) groups is 2. The van der Waals surface area contributed by atoms with E-state index in [1.54, 1.807) is 0 Å². The zero-order chi connectivity index (χ0) is 27.6. The number of alkyl halides is 8. The smallest absolute Gasteiger partial charge is 0.267 e. The van der Waals surface area contributed by atoms with Gasteiger partial charge in [-0.1, -0.05) is 53.0 Å². The van der Waals surface area contributed by atoms with Crippen molar-refractivity contribution in [3.8, 4) is 0 Å². The van der Waals surface area contributed by atoms with E-state index in [2.05, 4.69) is 15.9 Å². The van der Waals surface area contributed by atoms with Crippen molar-refractivity contribution < 1.29 is 44.7 Å². The molecule has 0 aliphatic rings. The molecule has 0 radical (unpaired) electrons. The second-order valence-electron chi connectivity index (χ2n) is 6.90. The van der Waals surface area contributed by atoms with E-state index in [4.69, 9.17) is 34.8 Å². The Morgan fingerprint density at radius 3 is 1.92 bits per heavy atom. The van der Waals surface area contributed by atoms with Crippen LogP contribution in [0.3, 0.4) is 0 Å². The van der Waals surface area contributed by atoms with Crippen LogP contribution in [-0.2, 0) is 4.79 Å². The van der Waals surface area contributed by atoms with E-state index in [-0.39, 0.29) is 36.2 Å². The van der Waals surface area contributed by atoms with Crippen LogP contribution in [0.4, 0.5) is 35.1 Å². The molecule has 0 spiro atoms. The van der Waals surface area contributed by atoms with E-state index in [1.165, 1.54) is 5.43 Å². The van der Waals surface area contributed by atoms with Crippen LogP contribution < -0.4 is 10.9 Å². The minimum Gasteiger partial charge on any atom is -0.267 e. The van der Waals surface area contributed by atoms with Gasteiger partial charge in [0.2, 0.25) is 0 Å². The summed E-state index contributed by atoms with van der Waals surface area (Å²) in [6.45, 7) is 0. The van der Waals surface area contributed by atoms with Gasteiger partial charge in [-0.25, -0.2) is 0 Å². The fourth-order valence-corrected chi connectivity index (χ4v) is 3.77.